The Morgan fingerprint density at radius 2 is 2.31 bits per heavy atom. The standard InChI is InChI=1S/C17H20N6O3/c1-3-20-10-4-8(6-18)22-15-11(10)21-7-23(15)12-9-5-17(9,16(26)19-2)14(25)13(12)24/h4,7,9,12-14,24-25H,3,5H2,1-2H3,(H,19,26)(H,20,22)/t9-,12-,13+,14+,17-/m1/s1. The number of imidazole rings is 1. The Morgan fingerprint density at radius 1 is 1.54 bits per heavy atom. The van der Waals surface area contributed by atoms with Crippen LogP contribution in [0.4, 0.5) is 5.69 Å². The van der Waals surface area contributed by atoms with Crippen molar-refractivity contribution >= 4 is 22.8 Å². The van der Waals surface area contributed by atoms with Gasteiger partial charge in [0.05, 0.1) is 29.6 Å². The summed E-state index contributed by atoms with van der Waals surface area (Å²) in [5, 5.41) is 36.1. The lowest BCUT2D eigenvalue weighted by Crippen LogP contribution is -2.41. The van der Waals surface area contributed by atoms with Crippen LogP contribution in [0.2, 0.25) is 0 Å². The fourth-order valence-corrected chi connectivity index (χ4v) is 4.39. The molecule has 9 heteroatoms. The van der Waals surface area contributed by atoms with Crippen molar-refractivity contribution in [1.29, 1.82) is 5.26 Å². The number of hydrogen-bond acceptors (Lipinski definition) is 7. The van der Waals surface area contributed by atoms with Gasteiger partial charge in [-0.3, -0.25) is 4.79 Å². The van der Waals surface area contributed by atoms with Crippen LogP contribution < -0.4 is 10.6 Å². The van der Waals surface area contributed by atoms with Gasteiger partial charge in [-0.05, 0) is 13.3 Å². The fraction of sp³-hybridized carbons (Fsp3) is 0.529. The number of fused-ring (bicyclic) bond motifs is 2. The van der Waals surface area contributed by atoms with Crippen LogP contribution in [0.15, 0.2) is 12.4 Å². The van der Waals surface area contributed by atoms with Crippen LogP contribution in [0.1, 0.15) is 25.1 Å². The van der Waals surface area contributed by atoms with Crippen LogP contribution in [0.3, 0.4) is 0 Å². The molecule has 4 N–H and O–H groups in total. The van der Waals surface area contributed by atoms with E-state index in [2.05, 4.69) is 20.6 Å². The first-order valence-electron chi connectivity index (χ1n) is 8.59. The number of nitrogens with zero attached hydrogens (tertiary/aromatic N) is 4. The lowest BCUT2D eigenvalue weighted by molar-refractivity contribution is -0.132. The van der Waals surface area contributed by atoms with E-state index in [1.165, 1.54) is 7.05 Å². The van der Waals surface area contributed by atoms with Gasteiger partial charge in [0.15, 0.2) is 5.65 Å². The molecular weight excluding hydrogens is 336 g/mol. The minimum absolute atomic E-state index is 0.208. The molecule has 2 aliphatic carbocycles. The molecule has 0 bridgehead atoms. The van der Waals surface area contributed by atoms with Crippen molar-refractivity contribution in [3.63, 3.8) is 0 Å². The van der Waals surface area contributed by atoms with Crippen LogP contribution in [0, 0.1) is 22.7 Å². The molecule has 2 aliphatic rings. The molecule has 136 valence electrons. The third-order valence-corrected chi connectivity index (χ3v) is 5.66. The topological polar surface area (TPSA) is 136 Å². The van der Waals surface area contributed by atoms with Crippen molar-refractivity contribution in [2.75, 3.05) is 18.9 Å². The van der Waals surface area contributed by atoms with Gasteiger partial charge in [-0.15, -0.1) is 0 Å². The van der Waals surface area contributed by atoms with Crippen molar-refractivity contribution in [1.82, 2.24) is 19.9 Å². The van der Waals surface area contributed by atoms with Crippen molar-refractivity contribution < 1.29 is 15.0 Å². The smallest absolute Gasteiger partial charge is 0.229 e. The molecule has 2 aromatic rings. The number of aliphatic hydroxyl groups excluding tert-OH is 2. The van der Waals surface area contributed by atoms with E-state index in [4.69, 9.17) is 0 Å². The average Bonchev–Trinajstić information content (AvgIpc) is 3.18. The maximum atomic E-state index is 12.3. The molecular formula is C17H20N6O3. The van der Waals surface area contributed by atoms with Gasteiger partial charge in [-0.1, -0.05) is 0 Å². The van der Waals surface area contributed by atoms with Crippen molar-refractivity contribution in [2.45, 2.75) is 31.6 Å². The minimum atomic E-state index is -1.15. The summed E-state index contributed by atoms with van der Waals surface area (Å²) in [4.78, 5) is 21.0. The van der Waals surface area contributed by atoms with Gasteiger partial charge in [-0.25, -0.2) is 9.97 Å². The molecule has 1 amide bonds. The van der Waals surface area contributed by atoms with Gasteiger partial charge < -0.3 is 25.4 Å². The van der Waals surface area contributed by atoms with Crippen LogP contribution in [0.25, 0.3) is 11.2 Å². The molecule has 0 aliphatic heterocycles. The number of aromatic nitrogens is 3. The highest BCUT2D eigenvalue weighted by molar-refractivity contribution is 5.89. The molecule has 2 fully saturated rings. The Balaban J connectivity index is 1.82. The predicted molar refractivity (Wildman–Crippen MR) is 92.1 cm³/mol. The lowest BCUT2D eigenvalue weighted by Gasteiger charge is -2.23. The zero-order valence-corrected chi connectivity index (χ0v) is 14.5. The molecule has 2 heterocycles. The molecule has 26 heavy (non-hydrogen) atoms. The van der Waals surface area contributed by atoms with Gasteiger partial charge in [0.2, 0.25) is 5.91 Å². The monoisotopic (exact) mass is 356 g/mol. The lowest BCUT2D eigenvalue weighted by atomic mass is 9.98. The maximum Gasteiger partial charge on any atom is 0.229 e. The maximum absolute atomic E-state index is 12.3. The van der Waals surface area contributed by atoms with E-state index in [-0.39, 0.29) is 17.5 Å². The Morgan fingerprint density at radius 3 is 2.96 bits per heavy atom. The first kappa shape index (κ1) is 16.8. The number of amides is 1. The quantitative estimate of drug-likeness (QED) is 0.594. The number of hydrogen-bond donors (Lipinski definition) is 4. The summed E-state index contributed by atoms with van der Waals surface area (Å²) in [7, 11) is 1.52. The summed E-state index contributed by atoms with van der Waals surface area (Å²) >= 11 is 0. The van der Waals surface area contributed by atoms with Crippen molar-refractivity contribution in [3.8, 4) is 6.07 Å². The molecule has 4 rings (SSSR count). The van der Waals surface area contributed by atoms with Gasteiger partial charge >= 0.3 is 0 Å². The van der Waals surface area contributed by atoms with Gasteiger partial charge in [0, 0.05) is 25.6 Å². The van der Waals surface area contributed by atoms with E-state index < -0.39 is 23.7 Å². The minimum Gasteiger partial charge on any atom is -0.389 e. The van der Waals surface area contributed by atoms with Crippen LogP contribution >= 0.6 is 0 Å². The van der Waals surface area contributed by atoms with Gasteiger partial charge in [0.1, 0.15) is 23.4 Å². The van der Waals surface area contributed by atoms with E-state index in [9.17, 15) is 20.3 Å². The molecule has 0 spiro atoms. The SMILES string of the molecule is CCNc1cc(C#N)nc2c1ncn2[C@H]1[C@H](O)[C@H](O)[C@@]2(C(=O)NC)C[C@H]12. The van der Waals surface area contributed by atoms with Crippen LogP contribution in [0.5, 0.6) is 0 Å². The highest BCUT2D eigenvalue weighted by Gasteiger charge is 2.75. The summed E-state index contributed by atoms with van der Waals surface area (Å²) in [6.07, 6.45) is -0.216. The normalized spacial score (nSPS) is 32.1. The summed E-state index contributed by atoms with van der Waals surface area (Å²) in [5.41, 5.74) is 1.000. The average molecular weight is 356 g/mol. The summed E-state index contributed by atoms with van der Waals surface area (Å²) < 4.78 is 1.69. The van der Waals surface area contributed by atoms with Crippen molar-refractivity contribution in [3.05, 3.63) is 18.1 Å². The molecule has 2 aromatic heterocycles. The summed E-state index contributed by atoms with van der Waals surface area (Å²) in [6.45, 7) is 2.60. The number of pyridine rings is 1. The molecule has 2 saturated carbocycles. The number of anilines is 1. The number of rotatable bonds is 4. The van der Waals surface area contributed by atoms with E-state index in [0.717, 1.165) is 0 Å². The van der Waals surface area contributed by atoms with Crippen molar-refractivity contribution in [2.24, 2.45) is 11.3 Å². The third-order valence-electron chi connectivity index (χ3n) is 5.66. The van der Waals surface area contributed by atoms with Crippen LogP contribution in [-0.2, 0) is 4.79 Å². The second-order valence-corrected chi connectivity index (χ2v) is 6.88. The van der Waals surface area contributed by atoms with Crippen LogP contribution in [-0.4, -0.2) is 56.5 Å². The van der Waals surface area contributed by atoms with E-state index in [1.54, 1.807) is 17.0 Å². The van der Waals surface area contributed by atoms with E-state index in [1.807, 2.05) is 13.0 Å². The number of carbonyl (C=O) groups excluding carboxylic acids is 1. The van der Waals surface area contributed by atoms with E-state index in [0.29, 0.717) is 29.8 Å². The second kappa shape index (κ2) is 5.65. The highest BCUT2D eigenvalue weighted by Crippen LogP contribution is 2.67. The Hall–Kier alpha value is -2.70. The fourth-order valence-electron chi connectivity index (χ4n) is 4.39. The first-order chi connectivity index (χ1) is 12.5. The summed E-state index contributed by atoms with van der Waals surface area (Å²) in [6, 6.07) is 3.14. The zero-order chi connectivity index (χ0) is 18.6. The second-order valence-electron chi connectivity index (χ2n) is 6.88. The molecule has 0 saturated heterocycles. The molecule has 0 radical (unpaired) electrons. The zero-order valence-electron chi connectivity index (χ0n) is 14.5. The Bertz CT molecular complexity index is 934. The molecule has 0 aromatic carbocycles. The van der Waals surface area contributed by atoms with E-state index >= 15 is 0 Å². The number of carbonyl (C=O) groups is 1. The van der Waals surface area contributed by atoms with Gasteiger partial charge in [-0.2, -0.15) is 5.26 Å². The Kier molecular flexibility index (Phi) is 3.64. The first-order valence-corrected chi connectivity index (χ1v) is 8.59. The third kappa shape index (κ3) is 2.00. The Labute approximate surface area is 149 Å². The number of aliphatic hydroxyl groups is 2. The number of nitriles is 1. The molecule has 0 unspecified atom stereocenters. The highest BCUT2D eigenvalue weighted by atomic mass is 16.3. The summed E-state index contributed by atoms with van der Waals surface area (Å²) in [5.74, 6) is -0.472. The number of nitrogens with one attached hydrogen (secondary N) is 2. The largest absolute Gasteiger partial charge is 0.389 e. The molecule has 9 nitrogen and oxygen atoms in total. The van der Waals surface area contributed by atoms with Gasteiger partial charge in [0.25, 0.3) is 0 Å². The predicted octanol–water partition coefficient (Wildman–Crippen LogP) is -0.236. The molecule has 5 atom stereocenters.